The molecule has 23 heavy (non-hydrogen) atoms. The molecule has 2 aliphatic heterocycles. The molecule has 4 heteroatoms. The lowest BCUT2D eigenvalue weighted by Crippen LogP contribution is -2.52. The third-order valence-corrected chi connectivity index (χ3v) is 7.11. The molecular formula is C19H28N2OS. The van der Waals surface area contributed by atoms with Gasteiger partial charge in [0.1, 0.15) is 0 Å². The molecule has 3 aliphatic rings. The summed E-state index contributed by atoms with van der Waals surface area (Å²) in [4.78, 5) is 19.1. The molecule has 0 aromatic carbocycles. The average molecular weight is 333 g/mol. The molecule has 3 nitrogen and oxygen atoms in total. The van der Waals surface area contributed by atoms with Crippen molar-refractivity contribution in [3.05, 3.63) is 22.4 Å². The molecule has 0 spiro atoms. The molecule has 3 heterocycles. The smallest absolute Gasteiger partial charge is 0.237 e. The quantitative estimate of drug-likeness (QED) is 0.833. The molecule has 0 radical (unpaired) electrons. The number of rotatable bonds is 3. The number of amides is 1. The van der Waals surface area contributed by atoms with Crippen LogP contribution in [0.25, 0.3) is 0 Å². The van der Waals surface area contributed by atoms with Crippen LogP contribution in [0.4, 0.5) is 0 Å². The minimum atomic E-state index is 0.394. The number of thiophene rings is 1. The zero-order chi connectivity index (χ0) is 15.6. The largest absolute Gasteiger partial charge is 0.338 e. The fourth-order valence-corrected chi connectivity index (χ4v) is 5.91. The first-order valence-electron chi connectivity index (χ1n) is 9.40. The van der Waals surface area contributed by atoms with E-state index in [9.17, 15) is 4.79 Å². The summed E-state index contributed by atoms with van der Waals surface area (Å²) in [5.74, 6) is 1.18. The molecule has 3 atom stereocenters. The summed E-state index contributed by atoms with van der Waals surface area (Å²) in [6.07, 6.45) is 10.3. The van der Waals surface area contributed by atoms with Crippen LogP contribution in [0.5, 0.6) is 0 Å². The second-order valence-corrected chi connectivity index (χ2v) is 8.46. The Morgan fingerprint density at radius 2 is 1.91 bits per heavy atom. The van der Waals surface area contributed by atoms with Crippen molar-refractivity contribution < 1.29 is 4.79 Å². The van der Waals surface area contributed by atoms with Crippen molar-refractivity contribution in [1.82, 2.24) is 9.80 Å². The molecule has 126 valence electrons. The minimum Gasteiger partial charge on any atom is -0.338 e. The number of nitrogens with zero attached hydrogens (tertiary/aromatic N) is 2. The highest BCUT2D eigenvalue weighted by Gasteiger charge is 2.37. The van der Waals surface area contributed by atoms with Crippen molar-refractivity contribution in [3.63, 3.8) is 0 Å². The highest BCUT2D eigenvalue weighted by molar-refractivity contribution is 7.10. The standard InChI is InChI=1S/C19H28N2OS/c22-19(21-12-3-7-15-6-1-2-8-16(15)21)14-20-11-4-9-17(20)18-10-5-13-23-18/h5,10,13,15-17H,1-4,6-9,11-12,14H2/t15-,16+,17-/m1/s1. The third kappa shape index (κ3) is 3.20. The summed E-state index contributed by atoms with van der Waals surface area (Å²) in [6.45, 7) is 2.71. The van der Waals surface area contributed by atoms with Crippen molar-refractivity contribution in [3.8, 4) is 0 Å². The van der Waals surface area contributed by atoms with E-state index >= 15 is 0 Å². The van der Waals surface area contributed by atoms with Crippen LogP contribution in [-0.2, 0) is 4.79 Å². The van der Waals surface area contributed by atoms with E-state index in [0.29, 0.717) is 24.5 Å². The number of hydrogen-bond donors (Lipinski definition) is 0. The Labute approximate surface area is 143 Å². The molecule has 3 fully saturated rings. The maximum absolute atomic E-state index is 13.0. The molecule has 1 aromatic heterocycles. The first-order valence-corrected chi connectivity index (χ1v) is 10.3. The maximum atomic E-state index is 13.0. The van der Waals surface area contributed by atoms with Crippen LogP contribution in [-0.4, -0.2) is 41.4 Å². The summed E-state index contributed by atoms with van der Waals surface area (Å²) < 4.78 is 0. The molecule has 4 rings (SSSR count). The van der Waals surface area contributed by atoms with Crippen LogP contribution in [0.15, 0.2) is 17.5 Å². The van der Waals surface area contributed by atoms with Gasteiger partial charge in [0, 0.05) is 23.5 Å². The van der Waals surface area contributed by atoms with Crippen LogP contribution >= 0.6 is 11.3 Å². The third-order valence-electron chi connectivity index (χ3n) is 6.14. The molecule has 1 saturated carbocycles. The van der Waals surface area contributed by atoms with E-state index in [1.54, 1.807) is 0 Å². The Hall–Kier alpha value is -0.870. The SMILES string of the molecule is O=C(CN1CCC[C@@H]1c1cccs1)N1CCC[C@H]2CCCC[C@@H]21. The Morgan fingerprint density at radius 3 is 2.78 bits per heavy atom. The number of hydrogen-bond acceptors (Lipinski definition) is 3. The van der Waals surface area contributed by atoms with E-state index in [1.165, 1.54) is 56.2 Å². The van der Waals surface area contributed by atoms with Gasteiger partial charge in [0.05, 0.1) is 6.54 Å². The molecule has 1 aromatic rings. The topological polar surface area (TPSA) is 23.6 Å². The molecule has 0 unspecified atom stereocenters. The van der Waals surface area contributed by atoms with Gasteiger partial charge in [-0.15, -0.1) is 11.3 Å². The average Bonchev–Trinajstić information content (AvgIpc) is 3.25. The molecular weight excluding hydrogens is 304 g/mol. The van der Waals surface area contributed by atoms with Crippen LogP contribution in [0.2, 0.25) is 0 Å². The lowest BCUT2D eigenvalue weighted by Gasteiger charge is -2.44. The van der Waals surface area contributed by atoms with Gasteiger partial charge < -0.3 is 4.90 Å². The van der Waals surface area contributed by atoms with Gasteiger partial charge in [0.25, 0.3) is 0 Å². The number of carbonyl (C=O) groups excluding carboxylic acids is 1. The first-order chi connectivity index (χ1) is 11.3. The summed E-state index contributed by atoms with van der Waals surface area (Å²) in [6, 6.07) is 5.39. The Kier molecular flexibility index (Phi) is 4.72. The second kappa shape index (κ2) is 6.94. The van der Waals surface area contributed by atoms with E-state index in [0.717, 1.165) is 19.0 Å². The molecule has 1 aliphatic carbocycles. The van der Waals surface area contributed by atoms with Crippen molar-refractivity contribution >= 4 is 17.2 Å². The van der Waals surface area contributed by atoms with Crippen LogP contribution in [0.1, 0.15) is 62.3 Å². The van der Waals surface area contributed by atoms with E-state index in [4.69, 9.17) is 0 Å². The first kappa shape index (κ1) is 15.6. The fourth-order valence-electron chi connectivity index (χ4n) is 5.02. The second-order valence-electron chi connectivity index (χ2n) is 7.49. The summed E-state index contributed by atoms with van der Waals surface area (Å²) in [5, 5.41) is 2.16. The summed E-state index contributed by atoms with van der Waals surface area (Å²) >= 11 is 1.84. The molecule has 0 N–H and O–H groups in total. The van der Waals surface area contributed by atoms with E-state index in [1.807, 2.05) is 11.3 Å². The van der Waals surface area contributed by atoms with E-state index in [2.05, 4.69) is 27.3 Å². The highest BCUT2D eigenvalue weighted by atomic mass is 32.1. The Morgan fingerprint density at radius 1 is 1.09 bits per heavy atom. The number of fused-ring (bicyclic) bond motifs is 1. The zero-order valence-corrected chi connectivity index (χ0v) is 14.8. The van der Waals surface area contributed by atoms with Gasteiger partial charge in [-0.05, 0) is 62.4 Å². The lowest BCUT2D eigenvalue weighted by molar-refractivity contribution is -0.139. The predicted molar refractivity (Wildman–Crippen MR) is 94.6 cm³/mol. The Balaban J connectivity index is 1.42. The normalized spacial score (nSPS) is 32.0. The minimum absolute atomic E-state index is 0.394. The Bertz CT molecular complexity index is 527. The van der Waals surface area contributed by atoms with Gasteiger partial charge in [-0.2, -0.15) is 0 Å². The van der Waals surface area contributed by atoms with Crippen molar-refractivity contribution in [2.75, 3.05) is 19.6 Å². The maximum Gasteiger partial charge on any atom is 0.237 e. The number of likely N-dealkylation sites (tertiary alicyclic amines) is 2. The van der Waals surface area contributed by atoms with Gasteiger partial charge in [0.15, 0.2) is 0 Å². The van der Waals surface area contributed by atoms with Gasteiger partial charge in [-0.3, -0.25) is 9.69 Å². The lowest BCUT2D eigenvalue weighted by atomic mass is 9.78. The van der Waals surface area contributed by atoms with E-state index < -0.39 is 0 Å². The fraction of sp³-hybridized carbons (Fsp3) is 0.737. The molecule has 0 bridgehead atoms. The number of piperidine rings is 1. The van der Waals surface area contributed by atoms with Gasteiger partial charge in [0.2, 0.25) is 5.91 Å². The van der Waals surface area contributed by atoms with Crippen LogP contribution < -0.4 is 0 Å². The molecule has 2 saturated heterocycles. The predicted octanol–water partition coefficient (Wildman–Crippen LogP) is 4.07. The number of carbonyl (C=O) groups is 1. The van der Waals surface area contributed by atoms with Crippen LogP contribution in [0.3, 0.4) is 0 Å². The van der Waals surface area contributed by atoms with Gasteiger partial charge in [-0.25, -0.2) is 0 Å². The molecule has 1 amide bonds. The van der Waals surface area contributed by atoms with Crippen molar-refractivity contribution in [2.24, 2.45) is 5.92 Å². The zero-order valence-electron chi connectivity index (χ0n) is 14.0. The van der Waals surface area contributed by atoms with Gasteiger partial charge >= 0.3 is 0 Å². The monoisotopic (exact) mass is 332 g/mol. The summed E-state index contributed by atoms with van der Waals surface area (Å²) in [7, 11) is 0. The van der Waals surface area contributed by atoms with Crippen molar-refractivity contribution in [1.29, 1.82) is 0 Å². The van der Waals surface area contributed by atoms with Crippen molar-refractivity contribution in [2.45, 2.75) is 63.5 Å². The van der Waals surface area contributed by atoms with Crippen LogP contribution in [0, 0.1) is 5.92 Å². The summed E-state index contributed by atoms with van der Waals surface area (Å²) in [5.41, 5.74) is 0. The van der Waals surface area contributed by atoms with Gasteiger partial charge in [-0.1, -0.05) is 18.9 Å². The highest BCUT2D eigenvalue weighted by Crippen LogP contribution is 2.37. The van der Waals surface area contributed by atoms with E-state index in [-0.39, 0.29) is 0 Å².